The first-order valence-corrected chi connectivity index (χ1v) is 6.24. The molecule has 2 atom stereocenters. The number of rotatable bonds is 4. The van der Waals surface area contributed by atoms with Crippen molar-refractivity contribution in [2.75, 3.05) is 17.6 Å². The largest absolute Gasteiger partial charge is 0.382 e. The van der Waals surface area contributed by atoms with E-state index in [0.29, 0.717) is 27.8 Å². The number of nitrogens with one attached hydrogen (secondary N) is 2. The second-order valence-corrected chi connectivity index (χ2v) is 5.06. The maximum absolute atomic E-state index is 11.8. The fourth-order valence-corrected chi connectivity index (χ4v) is 2.33. The van der Waals surface area contributed by atoms with Crippen molar-refractivity contribution in [3.8, 4) is 0 Å². The predicted octanol–water partition coefficient (Wildman–Crippen LogP) is 1.30. The van der Waals surface area contributed by atoms with E-state index in [-0.39, 0.29) is 5.91 Å². The molecule has 1 amide bonds. The molecule has 2 unspecified atom stereocenters. The molecule has 2 rings (SSSR count). The van der Waals surface area contributed by atoms with Crippen LogP contribution in [0.25, 0.3) is 0 Å². The van der Waals surface area contributed by atoms with Crippen LogP contribution in [0.5, 0.6) is 0 Å². The fraction of sp³-hybridized carbons (Fsp3) is 0.600. The monoisotopic (exact) mass is 240 g/mol. The van der Waals surface area contributed by atoms with Crippen molar-refractivity contribution in [3.05, 3.63) is 4.88 Å². The summed E-state index contributed by atoms with van der Waals surface area (Å²) in [5.41, 5.74) is 5.70. The Kier molecular flexibility index (Phi) is 3.00. The summed E-state index contributed by atoms with van der Waals surface area (Å²) in [6, 6.07) is 0.316. The Morgan fingerprint density at radius 1 is 1.69 bits per heavy atom. The number of amides is 1. The predicted molar refractivity (Wildman–Crippen MR) is 65.7 cm³/mol. The van der Waals surface area contributed by atoms with E-state index in [1.54, 1.807) is 0 Å². The van der Waals surface area contributed by atoms with Gasteiger partial charge < -0.3 is 16.4 Å². The van der Waals surface area contributed by atoms with Crippen LogP contribution in [0, 0.1) is 5.92 Å². The molecule has 6 heteroatoms. The van der Waals surface area contributed by atoms with Gasteiger partial charge in [0.05, 0.1) is 0 Å². The number of hydrogen-bond donors (Lipinski definition) is 3. The highest BCUT2D eigenvalue weighted by Gasteiger charge is 2.34. The third kappa shape index (κ3) is 2.27. The fourth-order valence-electron chi connectivity index (χ4n) is 1.48. The Morgan fingerprint density at radius 2 is 2.38 bits per heavy atom. The Hall–Kier alpha value is -1.30. The number of aromatic nitrogens is 1. The first-order valence-electron chi connectivity index (χ1n) is 5.42. The minimum Gasteiger partial charge on any atom is -0.382 e. The van der Waals surface area contributed by atoms with E-state index in [0.717, 1.165) is 13.0 Å². The van der Waals surface area contributed by atoms with Crippen LogP contribution in [0.1, 0.15) is 29.9 Å². The molecule has 0 spiro atoms. The summed E-state index contributed by atoms with van der Waals surface area (Å²) in [6.45, 7) is 4.86. The van der Waals surface area contributed by atoms with Crippen molar-refractivity contribution >= 4 is 28.2 Å². The number of hydrogen-bond acceptors (Lipinski definition) is 5. The van der Waals surface area contributed by atoms with Crippen LogP contribution in [-0.2, 0) is 0 Å². The normalized spacial score (nSPS) is 22.9. The molecule has 1 saturated carbocycles. The number of nitrogens with two attached hydrogens (primary N) is 1. The van der Waals surface area contributed by atoms with E-state index in [1.165, 1.54) is 11.3 Å². The first-order chi connectivity index (χ1) is 7.61. The molecular weight excluding hydrogens is 224 g/mol. The highest BCUT2D eigenvalue weighted by atomic mass is 32.1. The van der Waals surface area contributed by atoms with Gasteiger partial charge in [0.2, 0.25) is 0 Å². The summed E-state index contributed by atoms with van der Waals surface area (Å²) in [5.74, 6) is 0.798. The lowest BCUT2D eigenvalue weighted by molar-refractivity contribution is 0.0954. The van der Waals surface area contributed by atoms with Gasteiger partial charge in [0.1, 0.15) is 10.7 Å². The van der Waals surface area contributed by atoms with Gasteiger partial charge >= 0.3 is 0 Å². The van der Waals surface area contributed by atoms with Crippen molar-refractivity contribution in [1.29, 1.82) is 0 Å². The van der Waals surface area contributed by atoms with Gasteiger partial charge in [-0.25, -0.2) is 4.98 Å². The lowest BCUT2D eigenvalue weighted by Crippen LogP contribution is -2.26. The van der Waals surface area contributed by atoms with E-state index >= 15 is 0 Å². The van der Waals surface area contributed by atoms with Gasteiger partial charge in [-0.3, -0.25) is 4.79 Å². The van der Waals surface area contributed by atoms with Crippen molar-refractivity contribution < 1.29 is 4.79 Å². The zero-order chi connectivity index (χ0) is 11.7. The average molecular weight is 240 g/mol. The van der Waals surface area contributed by atoms with E-state index in [2.05, 4.69) is 22.5 Å². The Balaban J connectivity index is 2.04. The van der Waals surface area contributed by atoms with E-state index in [9.17, 15) is 4.79 Å². The molecule has 1 heterocycles. The van der Waals surface area contributed by atoms with E-state index in [4.69, 9.17) is 5.73 Å². The topological polar surface area (TPSA) is 80.0 Å². The van der Waals surface area contributed by atoms with Crippen LogP contribution >= 0.6 is 11.3 Å². The maximum Gasteiger partial charge on any atom is 0.265 e. The van der Waals surface area contributed by atoms with Gasteiger partial charge in [0.25, 0.3) is 5.91 Å². The Labute approximate surface area is 98.4 Å². The molecular formula is C10H16N4OS. The van der Waals surface area contributed by atoms with Gasteiger partial charge in [0.15, 0.2) is 5.13 Å². The van der Waals surface area contributed by atoms with E-state index in [1.807, 2.05) is 6.92 Å². The zero-order valence-electron chi connectivity index (χ0n) is 9.41. The molecule has 1 aromatic heterocycles. The van der Waals surface area contributed by atoms with Crippen molar-refractivity contribution in [1.82, 2.24) is 10.3 Å². The molecule has 0 saturated heterocycles. The maximum atomic E-state index is 11.8. The second kappa shape index (κ2) is 4.29. The molecule has 1 aromatic rings. The molecule has 4 N–H and O–H groups in total. The standard InChI is InChI=1S/C10H16N4OS/c1-3-12-10-14-8(11)7(16-10)9(15)13-6-4-5(6)2/h5-6H,3-4,11H2,1-2H3,(H,12,14)(H,13,15). The molecule has 0 aromatic carbocycles. The smallest absolute Gasteiger partial charge is 0.265 e. The molecule has 0 aliphatic heterocycles. The minimum absolute atomic E-state index is 0.103. The van der Waals surface area contributed by atoms with Crippen molar-refractivity contribution in [3.63, 3.8) is 0 Å². The summed E-state index contributed by atoms with van der Waals surface area (Å²) in [6.07, 6.45) is 1.06. The van der Waals surface area contributed by atoms with Crippen molar-refractivity contribution in [2.24, 2.45) is 5.92 Å². The highest BCUT2D eigenvalue weighted by Crippen LogP contribution is 2.31. The van der Waals surface area contributed by atoms with Gasteiger partial charge in [0, 0.05) is 12.6 Å². The summed E-state index contributed by atoms with van der Waals surface area (Å²) < 4.78 is 0. The molecule has 88 valence electrons. The van der Waals surface area contributed by atoms with Gasteiger partial charge in [-0.05, 0) is 19.3 Å². The summed E-state index contributed by atoms with van der Waals surface area (Å²) in [4.78, 5) is 16.4. The van der Waals surface area contributed by atoms with Gasteiger partial charge in [-0.1, -0.05) is 18.3 Å². The Bertz CT molecular complexity index is 404. The molecule has 1 aliphatic carbocycles. The molecule has 1 fully saturated rings. The second-order valence-electron chi connectivity index (χ2n) is 4.06. The van der Waals surface area contributed by atoms with Crippen LogP contribution in [0.4, 0.5) is 10.9 Å². The molecule has 0 radical (unpaired) electrons. The summed E-state index contributed by atoms with van der Waals surface area (Å²) in [7, 11) is 0. The molecule has 0 bridgehead atoms. The number of anilines is 2. The number of nitrogen functional groups attached to an aromatic ring is 1. The van der Waals surface area contributed by atoms with Crippen molar-refractivity contribution in [2.45, 2.75) is 26.3 Å². The highest BCUT2D eigenvalue weighted by molar-refractivity contribution is 7.18. The number of carbonyl (C=O) groups excluding carboxylic acids is 1. The van der Waals surface area contributed by atoms with Crippen LogP contribution < -0.4 is 16.4 Å². The molecule has 1 aliphatic rings. The number of thiazole rings is 1. The quantitative estimate of drug-likeness (QED) is 0.741. The Morgan fingerprint density at radius 3 is 2.94 bits per heavy atom. The third-order valence-electron chi connectivity index (χ3n) is 2.61. The number of nitrogens with zero attached hydrogens (tertiary/aromatic N) is 1. The van der Waals surface area contributed by atoms with E-state index < -0.39 is 0 Å². The molecule has 5 nitrogen and oxygen atoms in total. The minimum atomic E-state index is -0.103. The lowest BCUT2D eigenvalue weighted by atomic mass is 10.4. The zero-order valence-corrected chi connectivity index (χ0v) is 10.2. The third-order valence-corrected chi connectivity index (χ3v) is 3.64. The SMILES string of the molecule is CCNc1nc(N)c(C(=O)NC2CC2C)s1. The summed E-state index contributed by atoms with van der Waals surface area (Å²) >= 11 is 1.30. The lowest BCUT2D eigenvalue weighted by Gasteiger charge is -2.00. The first kappa shape index (κ1) is 11.2. The average Bonchev–Trinajstić information content (AvgIpc) is 2.75. The molecule has 16 heavy (non-hydrogen) atoms. The summed E-state index contributed by atoms with van der Waals surface area (Å²) in [5, 5.41) is 6.69. The van der Waals surface area contributed by atoms with Crippen LogP contribution in [0.15, 0.2) is 0 Å². The van der Waals surface area contributed by atoms with Crippen LogP contribution in [-0.4, -0.2) is 23.5 Å². The number of carbonyl (C=O) groups is 1. The van der Waals surface area contributed by atoms with Crippen LogP contribution in [0.2, 0.25) is 0 Å². The van der Waals surface area contributed by atoms with Crippen LogP contribution in [0.3, 0.4) is 0 Å². The van der Waals surface area contributed by atoms with Gasteiger partial charge in [-0.15, -0.1) is 0 Å². The van der Waals surface area contributed by atoms with Gasteiger partial charge in [-0.2, -0.15) is 0 Å².